The smallest absolute Gasteiger partial charge is 0.314 e. The first-order chi connectivity index (χ1) is 11.0. The number of rotatable bonds is 7. The van der Waals surface area contributed by atoms with E-state index in [-0.39, 0.29) is 12.6 Å². The molecule has 1 aliphatic heterocycles. The molecule has 0 aliphatic carbocycles. The van der Waals surface area contributed by atoms with E-state index in [1.165, 1.54) is 37.3 Å². The second-order valence-electron chi connectivity index (χ2n) is 6.76. The topological polar surface area (TPSA) is 64.6 Å². The molecular weight excluding hydrogens is 310 g/mol. The summed E-state index contributed by atoms with van der Waals surface area (Å²) in [6.45, 7) is 8.29. The van der Waals surface area contributed by atoms with Gasteiger partial charge in [-0.2, -0.15) is 0 Å². The van der Waals surface area contributed by atoms with Crippen molar-refractivity contribution < 1.29 is 9.90 Å². The van der Waals surface area contributed by atoms with Gasteiger partial charge in [-0.3, -0.25) is 0 Å². The zero-order valence-corrected chi connectivity index (χ0v) is 15.0. The average molecular weight is 340 g/mol. The fourth-order valence-electron chi connectivity index (χ4n) is 2.98. The summed E-state index contributed by atoms with van der Waals surface area (Å²) in [7, 11) is 0. The number of nitrogens with one attached hydrogen (secondary N) is 2. The molecule has 0 spiro atoms. The zero-order valence-electron chi connectivity index (χ0n) is 14.2. The highest BCUT2D eigenvalue weighted by atomic mass is 32.1. The van der Waals surface area contributed by atoms with Crippen molar-refractivity contribution in [2.75, 3.05) is 32.7 Å². The first-order valence-electron chi connectivity index (χ1n) is 8.48. The van der Waals surface area contributed by atoms with Gasteiger partial charge in [-0.1, -0.05) is 13.0 Å². The van der Waals surface area contributed by atoms with Crippen LogP contribution in [0, 0.1) is 5.92 Å². The van der Waals surface area contributed by atoms with Crippen molar-refractivity contribution in [3.05, 3.63) is 22.4 Å². The van der Waals surface area contributed by atoms with Crippen molar-refractivity contribution in [2.45, 2.75) is 38.7 Å². The SMILES string of the molecule is CC1CCCN(CCCNC(=O)NCC(C)(O)c2cccs2)C1. The number of aliphatic hydroxyl groups is 1. The third-order valence-corrected chi connectivity index (χ3v) is 5.45. The van der Waals surface area contributed by atoms with Crippen LogP contribution in [0.15, 0.2) is 17.5 Å². The second-order valence-corrected chi connectivity index (χ2v) is 7.71. The van der Waals surface area contributed by atoms with Gasteiger partial charge in [-0.15, -0.1) is 11.3 Å². The molecule has 2 heterocycles. The molecule has 0 saturated carbocycles. The number of thiophene rings is 1. The quantitative estimate of drug-likeness (QED) is 0.668. The monoisotopic (exact) mass is 339 g/mol. The maximum atomic E-state index is 11.8. The molecule has 2 rings (SSSR count). The minimum atomic E-state index is -1.02. The number of piperidine rings is 1. The minimum Gasteiger partial charge on any atom is -0.383 e. The molecule has 2 unspecified atom stereocenters. The maximum absolute atomic E-state index is 11.8. The number of urea groups is 1. The summed E-state index contributed by atoms with van der Waals surface area (Å²) in [4.78, 5) is 15.2. The van der Waals surface area contributed by atoms with Gasteiger partial charge < -0.3 is 20.6 Å². The predicted octanol–water partition coefficient (Wildman–Crippen LogP) is 2.38. The van der Waals surface area contributed by atoms with Crippen molar-refractivity contribution in [1.29, 1.82) is 0 Å². The van der Waals surface area contributed by atoms with E-state index in [0.717, 1.165) is 23.8 Å². The Balaban J connectivity index is 1.58. The van der Waals surface area contributed by atoms with Crippen LogP contribution in [0.4, 0.5) is 4.79 Å². The molecular formula is C17H29N3O2S. The third-order valence-electron chi connectivity index (χ3n) is 4.32. The Morgan fingerprint density at radius 2 is 2.35 bits per heavy atom. The summed E-state index contributed by atoms with van der Waals surface area (Å²) in [5.41, 5.74) is -1.02. The number of carbonyl (C=O) groups is 1. The second kappa shape index (κ2) is 8.66. The van der Waals surface area contributed by atoms with E-state index >= 15 is 0 Å². The van der Waals surface area contributed by atoms with E-state index < -0.39 is 5.60 Å². The van der Waals surface area contributed by atoms with Crippen LogP contribution in [0.2, 0.25) is 0 Å². The molecule has 0 aromatic carbocycles. The lowest BCUT2D eigenvalue weighted by molar-refractivity contribution is 0.0631. The minimum absolute atomic E-state index is 0.211. The van der Waals surface area contributed by atoms with E-state index in [1.54, 1.807) is 6.92 Å². The van der Waals surface area contributed by atoms with E-state index in [1.807, 2.05) is 17.5 Å². The van der Waals surface area contributed by atoms with Gasteiger partial charge in [0.15, 0.2) is 0 Å². The highest BCUT2D eigenvalue weighted by Crippen LogP contribution is 2.24. The van der Waals surface area contributed by atoms with Gasteiger partial charge in [-0.25, -0.2) is 4.79 Å². The lowest BCUT2D eigenvalue weighted by Gasteiger charge is -2.30. The number of likely N-dealkylation sites (tertiary alicyclic amines) is 1. The van der Waals surface area contributed by atoms with Crippen LogP contribution < -0.4 is 10.6 Å². The van der Waals surface area contributed by atoms with Gasteiger partial charge in [0.2, 0.25) is 0 Å². The van der Waals surface area contributed by atoms with Crippen LogP contribution >= 0.6 is 11.3 Å². The number of carbonyl (C=O) groups excluding carboxylic acids is 1. The Hall–Kier alpha value is -1.11. The first-order valence-corrected chi connectivity index (χ1v) is 9.36. The van der Waals surface area contributed by atoms with Gasteiger partial charge in [0.1, 0.15) is 5.60 Å². The lowest BCUT2D eigenvalue weighted by Crippen LogP contribution is -2.44. The molecule has 5 nitrogen and oxygen atoms in total. The molecule has 3 N–H and O–H groups in total. The van der Waals surface area contributed by atoms with Crippen molar-refractivity contribution in [3.8, 4) is 0 Å². The van der Waals surface area contributed by atoms with Crippen molar-refractivity contribution in [3.63, 3.8) is 0 Å². The summed E-state index contributed by atoms with van der Waals surface area (Å²) in [5, 5.41) is 17.9. The molecule has 1 saturated heterocycles. The Labute approximate surface area is 143 Å². The molecule has 1 fully saturated rings. The van der Waals surface area contributed by atoms with Crippen molar-refractivity contribution >= 4 is 17.4 Å². The van der Waals surface area contributed by atoms with E-state index in [2.05, 4.69) is 22.5 Å². The highest BCUT2D eigenvalue weighted by molar-refractivity contribution is 7.10. The zero-order chi connectivity index (χ0) is 16.7. The molecule has 0 radical (unpaired) electrons. The lowest BCUT2D eigenvalue weighted by atomic mass is 10.0. The molecule has 0 bridgehead atoms. The molecule has 23 heavy (non-hydrogen) atoms. The molecule has 6 heteroatoms. The standard InChI is InChI=1S/C17H29N3O2S/c1-14-6-3-9-20(12-14)10-5-8-18-16(21)19-13-17(2,22)15-7-4-11-23-15/h4,7,11,14,22H,3,5-6,8-10,12-13H2,1-2H3,(H2,18,19,21). The third kappa shape index (κ3) is 6.12. The Bertz CT molecular complexity index is 476. The van der Waals surface area contributed by atoms with Crippen molar-refractivity contribution in [1.82, 2.24) is 15.5 Å². The fraction of sp³-hybridized carbons (Fsp3) is 0.706. The van der Waals surface area contributed by atoms with Crippen LogP contribution in [0.1, 0.15) is 38.0 Å². The maximum Gasteiger partial charge on any atom is 0.314 e. The molecule has 1 aromatic heterocycles. The predicted molar refractivity (Wildman–Crippen MR) is 94.7 cm³/mol. The Morgan fingerprint density at radius 1 is 1.52 bits per heavy atom. The molecule has 1 aliphatic rings. The first kappa shape index (κ1) is 18.2. The van der Waals surface area contributed by atoms with Crippen LogP contribution in [0.25, 0.3) is 0 Å². The van der Waals surface area contributed by atoms with Gasteiger partial charge in [-0.05, 0) is 56.6 Å². The van der Waals surface area contributed by atoms with E-state index in [0.29, 0.717) is 6.54 Å². The van der Waals surface area contributed by atoms with E-state index in [9.17, 15) is 9.90 Å². The molecule has 1 aromatic rings. The summed E-state index contributed by atoms with van der Waals surface area (Å²) >= 11 is 1.49. The number of hydrogen-bond donors (Lipinski definition) is 3. The molecule has 130 valence electrons. The number of nitrogens with zero attached hydrogens (tertiary/aromatic N) is 1. The molecule has 2 atom stereocenters. The summed E-state index contributed by atoms with van der Waals surface area (Å²) in [6, 6.07) is 3.56. The largest absolute Gasteiger partial charge is 0.383 e. The number of hydrogen-bond acceptors (Lipinski definition) is 4. The van der Waals surface area contributed by atoms with Gasteiger partial charge >= 0.3 is 6.03 Å². The van der Waals surface area contributed by atoms with Crippen LogP contribution in [0.3, 0.4) is 0 Å². The Kier molecular flexibility index (Phi) is 6.87. The van der Waals surface area contributed by atoms with Crippen molar-refractivity contribution in [2.24, 2.45) is 5.92 Å². The van der Waals surface area contributed by atoms with Gasteiger partial charge in [0.05, 0.1) is 6.54 Å². The van der Waals surface area contributed by atoms with Crippen LogP contribution in [-0.2, 0) is 5.60 Å². The van der Waals surface area contributed by atoms with E-state index in [4.69, 9.17) is 0 Å². The van der Waals surface area contributed by atoms with Crippen LogP contribution in [0.5, 0.6) is 0 Å². The summed E-state index contributed by atoms with van der Waals surface area (Å²) < 4.78 is 0. The highest BCUT2D eigenvalue weighted by Gasteiger charge is 2.24. The summed E-state index contributed by atoms with van der Waals surface area (Å²) in [6.07, 6.45) is 3.58. The van der Waals surface area contributed by atoms with Gasteiger partial charge in [0.25, 0.3) is 0 Å². The Morgan fingerprint density at radius 3 is 3.04 bits per heavy atom. The summed E-state index contributed by atoms with van der Waals surface area (Å²) in [5.74, 6) is 0.791. The average Bonchev–Trinajstić information content (AvgIpc) is 3.05. The normalized spacial score (nSPS) is 21.6. The molecule has 2 amide bonds. The van der Waals surface area contributed by atoms with Crippen LogP contribution in [-0.4, -0.2) is 48.8 Å². The number of amides is 2. The fourth-order valence-corrected chi connectivity index (χ4v) is 3.77. The van der Waals surface area contributed by atoms with Gasteiger partial charge in [0, 0.05) is 18.0 Å².